The summed E-state index contributed by atoms with van der Waals surface area (Å²) in [4.78, 5) is 4.72. The monoisotopic (exact) mass is 401 g/mol. The Bertz CT molecular complexity index is 948. The van der Waals surface area contributed by atoms with E-state index in [1.165, 1.54) is 35.2 Å². The van der Waals surface area contributed by atoms with Crippen LogP contribution in [0.4, 0.5) is 0 Å². The molecule has 0 spiro atoms. The van der Waals surface area contributed by atoms with E-state index in [4.69, 9.17) is 14.5 Å². The average Bonchev–Trinajstić information content (AvgIpc) is 3.31. The first-order chi connectivity index (χ1) is 14.7. The van der Waals surface area contributed by atoms with Crippen LogP contribution < -0.4 is 9.47 Å². The molecular formula is C27H31NO2. The van der Waals surface area contributed by atoms with Crippen LogP contribution >= 0.6 is 0 Å². The summed E-state index contributed by atoms with van der Waals surface area (Å²) in [6.07, 6.45) is 8.86. The maximum absolute atomic E-state index is 6.27. The second-order valence-corrected chi connectivity index (χ2v) is 8.18. The first-order valence-corrected chi connectivity index (χ1v) is 11.1. The number of aromatic nitrogens is 1. The zero-order valence-electron chi connectivity index (χ0n) is 18.0. The van der Waals surface area contributed by atoms with E-state index in [9.17, 15) is 0 Å². The van der Waals surface area contributed by atoms with Gasteiger partial charge in [-0.05, 0) is 73.4 Å². The number of pyridine rings is 1. The Morgan fingerprint density at radius 3 is 2.50 bits per heavy atom. The highest BCUT2D eigenvalue weighted by atomic mass is 16.5. The molecule has 3 heteroatoms. The largest absolute Gasteiger partial charge is 0.493 e. The van der Waals surface area contributed by atoms with Gasteiger partial charge in [-0.3, -0.25) is 4.98 Å². The van der Waals surface area contributed by atoms with Gasteiger partial charge in [0.05, 0.1) is 13.2 Å². The number of benzene rings is 2. The second-order valence-electron chi connectivity index (χ2n) is 8.18. The van der Waals surface area contributed by atoms with E-state index >= 15 is 0 Å². The van der Waals surface area contributed by atoms with Gasteiger partial charge in [0, 0.05) is 17.8 Å². The van der Waals surface area contributed by atoms with Crippen molar-refractivity contribution in [1.29, 1.82) is 0 Å². The van der Waals surface area contributed by atoms with E-state index < -0.39 is 0 Å². The van der Waals surface area contributed by atoms with Crippen LogP contribution in [-0.4, -0.2) is 18.2 Å². The lowest BCUT2D eigenvalue weighted by Gasteiger charge is -2.18. The van der Waals surface area contributed by atoms with Crippen molar-refractivity contribution in [3.63, 3.8) is 0 Å². The van der Waals surface area contributed by atoms with Gasteiger partial charge in [0.25, 0.3) is 0 Å². The Hall–Kier alpha value is -2.81. The second kappa shape index (κ2) is 9.80. The maximum Gasteiger partial charge on any atom is 0.161 e. The van der Waals surface area contributed by atoms with Crippen LogP contribution in [0.2, 0.25) is 0 Å². The molecule has 3 nitrogen and oxygen atoms in total. The normalized spacial score (nSPS) is 15.1. The number of aryl methyl sites for hydroxylation is 2. The van der Waals surface area contributed by atoms with E-state index in [2.05, 4.69) is 55.5 Å². The number of ether oxygens (including phenoxy) is 2. The molecule has 3 aromatic rings. The fraction of sp³-hybridized carbons (Fsp3) is 0.370. The third-order valence-corrected chi connectivity index (χ3v) is 6.17. The van der Waals surface area contributed by atoms with Crippen molar-refractivity contribution < 1.29 is 9.47 Å². The first kappa shape index (κ1) is 20.5. The van der Waals surface area contributed by atoms with Gasteiger partial charge in [0.1, 0.15) is 0 Å². The Labute approximate surface area is 180 Å². The van der Waals surface area contributed by atoms with Gasteiger partial charge in [-0.15, -0.1) is 0 Å². The van der Waals surface area contributed by atoms with Crippen molar-refractivity contribution in [2.45, 2.75) is 57.5 Å². The highest BCUT2D eigenvalue weighted by Crippen LogP contribution is 2.33. The topological polar surface area (TPSA) is 31.4 Å². The maximum atomic E-state index is 6.27. The summed E-state index contributed by atoms with van der Waals surface area (Å²) in [6.45, 7) is 2.26. The van der Waals surface area contributed by atoms with Crippen LogP contribution in [0.3, 0.4) is 0 Å². The zero-order chi connectivity index (χ0) is 20.8. The van der Waals surface area contributed by atoms with Crippen LogP contribution in [0.25, 0.3) is 0 Å². The zero-order valence-corrected chi connectivity index (χ0v) is 18.0. The Kier molecular flexibility index (Phi) is 6.68. The van der Waals surface area contributed by atoms with Crippen molar-refractivity contribution in [3.8, 4) is 11.5 Å². The van der Waals surface area contributed by atoms with Gasteiger partial charge in [-0.25, -0.2) is 0 Å². The summed E-state index contributed by atoms with van der Waals surface area (Å²) in [5, 5.41) is 0. The van der Waals surface area contributed by atoms with Crippen LogP contribution in [0.15, 0.2) is 66.9 Å². The molecule has 4 rings (SSSR count). The number of methoxy groups -OCH3 is 1. The SMILES string of the molecule is COc1ccc(CCc2ncccc2C(C)c2ccccc2)cc1OC1CCCC1. The summed E-state index contributed by atoms with van der Waals surface area (Å²) >= 11 is 0. The van der Waals surface area contributed by atoms with E-state index in [1.807, 2.05) is 18.3 Å². The van der Waals surface area contributed by atoms with Gasteiger partial charge < -0.3 is 9.47 Å². The Morgan fingerprint density at radius 2 is 1.73 bits per heavy atom. The highest BCUT2D eigenvalue weighted by molar-refractivity contribution is 5.43. The molecule has 1 unspecified atom stereocenters. The van der Waals surface area contributed by atoms with Gasteiger partial charge >= 0.3 is 0 Å². The standard InChI is InChI=1S/C27H31NO2/c1-20(22-9-4-3-5-10-22)24-13-8-18-28-25(24)16-14-21-15-17-26(29-2)27(19-21)30-23-11-6-7-12-23/h3-5,8-10,13,15,17-20,23H,6-7,11-12,14,16H2,1-2H3. The fourth-order valence-electron chi connectivity index (χ4n) is 4.39. The lowest BCUT2D eigenvalue weighted by molar-refractivity contribution is 0.200. The molecule has 2 aromatic carbocycles. The molecule has 0 amide bonds. The predicted octanol–water partition coefficient (Wildman–Crippen LogP) is 6.35. The summed E-state index contributed by atoms with van der Waals surface area (Å²) in [5.41, 5.74) is 5.05. The number of rotatable bonds is 8. The molecule has 30 heavy (non-hydrogen) atoms. The van der Waals surface area contributed by atoms with Gasteiger partial charge in [0.15, 0.2) is 11.5 Å². The van der Waals surface area contributed by atoms with Crippen molar-refractivity contribution in [2.24, 2.45) is 0 Å². The summed E-state index contributed by atoms with van der Waals surface area (Å²) < 4.78 is 11.8. The minimum atomic E-state index is 0.322. The number of nitrogens with zero attached hydrogens (tertiary/aromatic N) is 1. The summed E-state index contributed by atoms with van der Waals surface area (Å²) in [5.74, 6) is 2.02. The van der Waals surface area contributed by atoms with Crippen molar-refractivity contribution >= 4 is 0 Å². The molecule has 1 atom stereocenters. The van der Waals surface area contributed by atoms with E-state index in [0.29, 0.717) is 12.0 Å². The minimum Gasteiger partial charge on any atom is -0.493 e. The summed E-state index contributed by atoms with van der Waals surface area (Å²) in [7, 11) is 1.71. The van der Waals surface area contributed by atoms with Crippen molar-refractivity contribution in [1.82, 2.24) is 4.98 Å². The van der Waals surface area contributed by atoms with Crippen LogP contribution in [0.1, 0.15) is 60.9 Å². The molecule has 1 aromatic heterocycles. The third-order valence-electron chi connectivity index (χ3n) is 6.17. The molecule has 1 heterocycles. The van der Waals surface area contributed by atoms with Crippen LogP contribution in [-0.2, 0) is 12.8 Å². The third kappa shape index (κ3) is 4.84. The molecule has 0 bridgehead atoms. The molecule has 0 saturated heterocycles. The lowest BCUT2D eigenvalue weighted by Crippen LogP contribution is -2.12. The van der Waals surface area contributed by atoms with Gasteiger partial charge in [0.2, 0.25) is 0 Å². The Morgan fingerprint density at radius 1 is 0.933 bits per heavy atom. The van der Waals surface area contributed by atoms with Gasteiger partial charge in [-0.1, -0.05) is 49.4 Å². The van der Waals surface area contributed by atoms with Crippen LogP contribution in [0.5, 0.6) is 11.5 Å². The average molecular weight is 402 g/mol. The lowest BCUT2D eigenvalue weighted by atomic mass is 9.90. The fourth-order valence-corrected chi connectivity index (χ4v) is 4.39. The molecule has 1 fully saturated rings. The molecule has 1 aliphatic rings. The van der Waals surface area contributed by atoms with Gasteiger partial charge in [-0.2, -0.15) is 0 Å². The molecule has 0 radical (unpaired) electrons. The molecular weight excluding hydrogens is 370 g/mol. The quantitative estimate of drug-likeness (QED) is 0.441. The number of hydrogen-bond acceptors (Lipinski definition) is 3. The smallest absolute Gasteiger partial charge is 0.161 e. The summed E-state index contributed by atoms with van der Waals surface area (Å²) in [6, 6.07) is 21.2. The molecule has 156 valence electrons. The van der Waals surface area contributed by atoms with E-state index in [0.717, 1.165) is 37.2 Å². The highest BCUT2D eigenvalue weighted by Gasteiger charge is 2.19. The van der Waals surface area contributed by atoms with E-state index in [-0.39, 0.29) is 0 Å². The first-order valence-electron chi connectivity index (χ1n) is 11.1. The van der Waals surface area contributed by atoms with Crippen molar-refractivity contribution in [3.05, 3.63) is 89.2 Å². The number of hydrogen-bond donors (Lipinski definition) is 0. The molecule has 1 saturated carbocycles. The molecule has 0 N–H and O–H groups in total. The molecule has 0 aliphatic heterocycles. The molecule has 1 aliphatic carbocycles. The van der Waals surface area contributed by atoms with Crippen LogP contribution in [0, 0.1) is 0 Å². The predicted molar refractivity (Wildman–Crippen MR) is 121 cm³/mol. The Balaban J connectivity index is 1.50. The van der Waals surface area contributed by atoms with Crippen molar-refractivity contribution in [2.75, 3.05) is 7.11 Å². The minimum absolute atomic E-state index is 0.322. The van der Waals surface area contributed by atoms with E-state index in [1.54, 1.807) is 7.11 Å².